The number of carbonyl (C=O) groups is 2. The average Bonchev–Trinajstić information content (AvgIpc) is 3.50. The van der Waals surface area contributed by atoms with Gasteiger partial charge in [-0.1, -0.05) is 53.5 Å². The molecule has 3 saturated heterocycles. The zero-order valence-electron chi connectivity index (χ0n) is 28.2. The molecule has 3 aromatic rings. The number of β-amino-alcohol motifs (C(OH)–C–C–N with tert-alkyl or cyclic N) is 1. The number of ether oxygens (including phenoxy) is 1. The Kier molecular flexibility index (Phi) is 11.5. The minimum absolute atomic E-state index is 0.0707. The number of aliphatic hydroxyl groups excluding tert-OH is 1. The number of hydrogen-bond donors (Lipinski definition) is 4. The second-order valence-electron chi connectivity index (χ2n) is 13.4. The molecule has 0 radical (unpaired) electrons. The summed E-state index contributed by atoms with van der Waals surface area (Å²) >= 11 is 12.5. The molecule has 274 valence electrons. The molecular weight excluding hydrogens is 706 g/mol. The number of alkyl halides is 3. The van der Waals surface area contributed by atoms with Gasteiger partial charge in [-0.2, -0.15) is 13.2 Å². The first-order valence-electron chi connectivity index (χ1n) is 17.3. The number of likely N-dealkylation sites (tertiary alicyclic amines) is 2. The van der Waals surface area contributed by atoms with Crippen molar-refractivity contribution >= 4 is 35.0 Å². The second kappa shape index (κ2) is 15.7. The molecular formula is C37H42Cl2F3N5O4. The molecule has 2 amide bonds. The Bertz CT molecular complexity index is 1630. The molecule has 6 rings (SSSR count). The Balaban J connectivity index is 1.33. The first kappa shape index (κ1) is 37.4. The molecule has 0 aliphatic carbocycles. The Morgan fingerprint density at radius 3 is 2.04 bits per heavy atom. The first-order chi connectivity index (χ1) is 24.4. The minimum atomic E-state index is -4.63. The van der Waals surface area contributed by atoms with Crippen molar-refractivity contribution in [2.75, 3.05) is 39.3 Å². The van der Waals surface area contributed by atoms with E-state index in [1.807, 2.05) is 29.2 Å². The lowest BCUT2D eigenvalue weighted by Gasteiger charge is -2.40. The number of carbonyl (C=O) groups excluding carboxylic acids is 2. The number of nitrogens with one attached hydrogen (secondary N) is 3. The Morgan fingerprint density at radius 2 is 1.51 bits per heavy atom. The van der Waals surface area contributed by atoms with Crippen LogP contribution in [-0.4, -0.2) is 78.2 Å². The van der Waals surface area contributed by atoms with Gasteiger partial charge in [-0.15, -0.1) is 0 Å². The Labute approximate surface area is 305 Å². The van der Waals surface area contributed by atoms with E-state index in [1.165, 1.54) is 6.07 Å². The summed E-state index contributed by atoms with van der Waals surface area (Å²) < 4.78 is 47.7. The number of benzene rings is 3. The molecule has 0 bridgehead atoms. The molecule has 51 heavy (non-hydrogen) atoms. The van der Waals surface area contributed by atoms with Crippen LogP contribution in [0.3, 0.4) is 0 Å². The topological polar surface area (TPSA) is 106 Å². The zero-order valence-corrected chi connectivity index (χ0v) is 29.7. The van der Waals surface area contributed by atoms with Crippen LogP contribution in [0.25, 0.3) is 0 Å². The normalized spacial score (nSPS) is 24.8. The average molecular weight is 749 g/mol. The van der Waals surface area contributed by atoms with Gasteiger partial charge >= 0.3 is 6.18 Å². The monoisotopic (exact) mass is 747 g/mol. The van der Waals surface area contributed by atoms with Gasteiger partial charge in [0, 0.05) is 41.3 Å². The summed E-state index contributed by atoms with van der Waals surface area (Å²) in [5.41, 5.74) is -0.788. The van der Waals surface area contributed by atoms with Gasteiger partial charge in [0.25, 0.3) is 5.91 Å². The van der Waals surface area contributed by atoms with Crippen LogP contribution in [0.1, 0.15) is 66.9 Å². The van der Waals surface area contributed by atoms with E-state index >= 15 is 4.79 Å². The van der Waals surface area contributed by atoms with E-state index in [2.05, 4.69) is 16.0 Å². The summed E-state index contributed by atoms with van der Waals surface area (Å²) in [6, 6.07) is 16.4. The lowest BCUT2D eigenvalue weighted by Crippen LogP contribution is -2.61. The lowest BCUT2D eigenvalue weighted by atomic mass is 9.93. The van der Waals surface area contributed by atoms with E-state index in [0.717, 1.165) is 42.6 Å². The first-order valence-corrected chi connectivity index (χ1v) is 18.0. The number of halogens is 5. The SMILES string of the molecule is CCOc1cc(C(F)(F)F)ccc1C1(C(=O)N2CCC(NC(=O)CN3CCCC(O)C3)CC2)NC(c2ccc(Cl)cc2)C(c2ccc(Cl)cc2)N1. The van der Waals surface area contributed by atoms with Gasteiger partial charge in [0.2, 0.25) is 5.91 Å². The van der Waals surface area contributed by atoms with Crippen molar-refractivity contribution in [3.8, 4) is 5.75 Å². The minimum Gasteiger partial charge on any atom is -0.493 e. The quantitative estimate of drug-likeness (QED) is 0.219. The van der Waals surface area contributed by atoms with Gasteiger partial charge in [0.1, 0.15) is 5.75 Å². The van der Waals surface area contributed by atoms with E-state index in [9.17, 15) is 23.1 Å². The predicted octanol–water partition coefficient (Wildman–Crippen LogP) is 5.80. The highest BCUT2D eigenvalue weighted by molar-refractivity contribution is 6.30. The van der Waals surface area contributed by atoms with Crippen molar-refractivity contribution in [1.82, 2.24) is 25.8 Å². The summed E-state index contributed by atoms with van der Waals surface area (Å²) in [7, 11) is 0. The molecule has 3 fully saturated rings. The molecule has 4 N–H and O–H groups in total. The number of piperidine rings is 2. The Hall–Kier alpha value is -3.39. The maximum Gasteiger partial charge on any atom is 0.416 e. The molecule has 0 spiro atoms. The third-order valence-electron chi connectivity index (χ3n) is 9.86. The van der Waals surface area contributed by atoms with Crippen LogP contribution in [0.4, 0.5) is 13.2 Å². The largest absolute Gasteiger partial charge is 0.493 e. The van der Waals surface area contributed by atoms with Gasteiger partial charge < -0.3 is 20.1 Å². The van der Waals surface area contributed by atoms with Crippen molar-refractivity contribution in [1.29, 1.82) is 0 Å². The second-order valence-corrected chi connectivity index (χ2v) is 14.3. The van der Waals surface area contributed by atoms with Gasteiger partial charge in [-0.05, 0) is 86.7 Å². The Morgan fingerprint density at radius 1 is 0.922 bits per heavy atom. The third-order valence-corrected chi connectivity index (χ3v) is 10.4. The summed E-state index contributed by atoms with van der Waals surface area (Å²) in [6.45, 7) is 3.76. The molecule has 3 aromatic carbocycles. The van der Waals surface area contributed by atoms with Crippen LogP contribution < -0.4 is 20.7 Å². The number of hydrogen-bond acceptors (Lipinski definition) is 7. The molecule has 3 aliphatic heterocycles. The molecule has 3 atom stereocenters. The highest BCUT2D eigenvalue weighted by Gasteiger charge is 2.55. The fourth-order valence-corrected chi connectivity index (χ4v) is 7.61. The van der Waals surface area contributed by atoms with E-state index in [0.29, 0.717) is 42.5 Å². The van der Waals surface area contributed by atoms with Crippen molar-refractivity contribution < 1.29 is 32.6 Å². The number of rotatable bonds is 9. The number of nitrogens with zero attached hydrogens (tertiary/aromatic N) is 2. The highest BCUT2D eigenvalue weighted by atomic mass is 35.5. The molecule has 0 saturated carbocycles. The van der Waals surface area contributed by atoms with Gasteiger partial charge in [-0.3, -0.25) is 25.1 Å². The summed E-state index contributed by atoms with van der Waals surface area (Å²) in [4.78, 5) is 31.5. The van der Waals surface area contributed by atoms with Gasteiger partial charge in [0.15, 0.2) is 5.66 Å². The van der Waals surface area contributed by atoms with E-state index in [1.54, 1.807) is 36.1 Å². The maximum absolute atomic E-state index is 15.0. The van der Waals surface area contributed by atoms with E-state index < -0.39 is 35.6 Å². The van der Waals surface area contributed by atoms with Crippen LogP contribution in [0, 0.1) is 0 Å². The van der Waals surface area contributed by atoms with Crippen molar-refractivity contribution in [2.45, 2.75) is 68.7 Å². The van der Waals surface area contributed by atoms with E-state index in [4.69, 9.17) is 27.9 Å². The molecule has 14 heteroatoms. The van der Waals surface area contributed by atoms with Crippen LogP contribution >= 0.6 is 23.2 Å². The maximum atomic E-state index is 15.0. The van der Waals surface area contributed by atoms with Crippen molar-refractivity contribution in [3.63, 3.8) is 0 Å². The fraction of sp³-hybridized carbons (Fsp3) is 0.459. The number of aliphatic hydroxyl groups is 1. The van der Waals surface area contributed by atoms with Crippen molar-refractivity contribution in [3.05, 3.63) is 99.0 Å². The summed E-state index contributed by atoms with van der Waals surface area (Å²) in [6.07, 6.45) is -2.52. The van der Waals surface area contributed by atoms with Crippen LogP contribution in [0.2, 0.25) is 10.0 Å². The molecule has 0 aromatic heterocycles. The van der Waals surface area contributed by atoms with Crippen LogP contribution in [0.5, 0.6) is 5.75 Å². The lowest BCUT2D eigenvalue weighted by molar-refractivity contribution is -0.141. The smallest absolute Gasteiger partial charge is 0.416 e. The van der Waals surface area contributed by atoms with E-state index in [-0.39, 0.29) is 42.3 Å². The van der Waals surface area contributed by atoms with Crippen LogP contribution in [-0.2, 0) is 21.4 Å². The molecule has 3 aliphatic rings. The summed E-state index contributed by atoms with van der Waals surface area (Å²) in [5.74, 6) is -0.588. The standard InChI is InChI=1S/C37H42Cl2F3N5O4/c1-2-51-31-20-25(37(40,41)42)9-14-30(31)36(35(50)47-18-15-28(16-19-47)43-32(49)22-46-17-3-4-29(48)21-46)44-33(23-5-10-26(38)11-6-23)34(45-36)24-7-12-27(39)13-8-24/h5-14,20,28-29,33-34,44-45,48H,2-4,15-19,21-22H2,1H3,(H,43,49). The molecule has 3 heterocycles. The van der Waals surface area contributed by atoms with Gasteiger partial charge in [0.05, 0.1) is 36.9 Å². The highest BCUT2D eigenvalue weighted by Crippen LogP contribution is 2.46. The summed E-state index contributed by atoms with van der Waals surface area (Å²) in [5, 5.41) is 21.2. The number of amides is 2. The third kappa shape index (κ3) is 8.48. The molecule has 3 unspecified atom stereocenters. The zero-order chi connectivity index (χ0) is 36.3. The van der Waals surface area contributed by atoms with Crippen molar-refractivity contribution in [2.24, 2.45) is 0 Å². The fourth-order valence-electron chi connectivity index (χ4n) is 7.36. The molecule has 9 nitrogen and oxygen atoms in total. The van der Waals surface area contributed by atoms with Crippen LogP contribution in [0.15, 0.2) is 66.7 Å². The van der Waals surface area contributed by atoms with Gasteiger partial charge in [-0.25, -0.2) is 0 Å². The predicted molar refractivity (Wildman–Crippen MR) is 188 cm³/mol.